The van der Waals surface area contributed by atoms with Gasteiger partial charge in [0.15, 0.2) is 5.82 Å². The molecule has 1 fully saturated rings. The van der Waals surface area contributed by atoms with Crippen LogP contribution in [0.3, 0.4) is 0 Å². The van der Waals surface area contributed by atoms with Gasteiger partial charge in [-0.1, -0.05) is 17.3 Å². The minimum Gasteiger partial charge on any atom is -0.494 e. The molecule has 0 unspecified atom stereocenters. The zero-order valence-corrected chi connectivity index (χ0v) is 15.4. The molecule has 3 rings (SSSR count). The van der Waals surface area contributed by atoms with E-state index in [0.717, 1.165) is 50.8 Å². The highest BCUT2D eigenvalue weighted by molar-refractivity contribution is 5.27. The maximum absolute atomic E-state index is 5.84. The minimum absolute atomic E-state index is 0.552. The van der Waals surface area contributed by atoms with Crippen LogP contribution in [0.2, 0.25) is 0 Å². The van der Waals surface area contributed by atoms with Crippen molar-refractivity contribution in [1.82, 2.24) is 19.9 Å². The van der Waals surface area contributed by atoms with Gasteiger partial charge in [0.1, 0.15) is 5.75 Å². The molecule has 2 heterocycles. The number of aromatic nitrogens is 2. The molecule has 1 aliphatic rings. The van der Waals surface area contributed by atoms with Crippen molar-refractivity contribution in [2.24, 2.45) is 0 Å². The number of ether oxygens (including phenoxy) is 1. The summed E-state index contributed by atoms with van der Waals surface area (Å²) in [6.45, 7) is 8.74. The Hall–Kier alpha value is -1.92. The number of likely N-dealkylation sites (N-methyl/N-ethyl adjacent to an activating group) is 1. The van der Waals surface area contributed by atoms with Gasteiger partial charge in [-0.3, -0.25) is 4.90 Å². The van der Waals surface area contributed by atoms with Crippen LogP contribution in [0, 0.1) is 13.8 Å². The lowest BCUT2D eigenvalue weighted by atomic mass is 10.2. The molecule has 1 atom stereocenters. The molecular formula is C19H28N4O2. The Morgan fingerprint density at radius 2 is 2.24 bits per heavy atom. The van der Waals surface area contributed by atoms with E-state index in [1.54, 1.807) is 0 Å². The molecule has 0 N–H and O–H groups in total. The van der Waals surface area contributed by atoms with Crippen LogP contribution in [0.4, 0.5) is 0 Å². The van der Waals surface area contributed by atoms with Gasteiger partial charge >= 0.3 is 0 Å². The fourth-order valence-electron chi connectivity index (χ4n) is 3.32. The van der Waals surface area contributed by atoms with Gasteiger partial charge in [-0.2, -0.15) is 4.98 Å². The lowest BCUT2D eigenvalue weighted by Crippen LogP contribution is -2.34. The Labute approximate surface area is 149 Å². The topological polar surface area (TPSA) is 54.6 Å². The van der Waals surface area contributed by atoms with Gasteiger partial charge in [-0.05, 0) is 51.1 Å². The Balaban J connectivity index is 1.35. The van der Waals surface area contributed by atoms with E-state index >= 15 is 0 Å². The Kier molecular flexibility index (Phi) is 6.04. The van der Waals surface area contributed by atoms with Crippen LogP contribution in [-0.2, 0) is 6.54 Å². The molecule has 0 spiro atoms. The largest absolute Gasteiger partial charge is 0.494 e. The van der Waals surface area contributed by atoms with E-state index in [1.165, 1.54) is 12.0 Å². The highest BCUT2D eigenvalue weighted by Crippen LogP contribution is 2.17. The van der Waals surface area contributed by atoms with Crippen molar-refractivity contribution in [1.29, 1.82) is 0 Å². The molecule has 0 saturated carbocycles. The molecule has 25 heavy (non-hydrogen) atoms. The maximum atomic E-state index is 5.84. The molecule has 0 bridgehead atoms. The monoisotopic (exact) mass is 344 g/mol. The zero-order chi connectivity index (χ0) is 17.6. The highest BCUT2D eigenvalue weighted by Gasteiger charge is 2.26. The first-order valence-corrected chi connectivity index (χ1v) is 9.01. The fraction of sp³-hybridized carbons (Fsp3) is 0.579. The molecular weight excluding hydrogens is 316 g/mol. The number of nitrogens with zero attached hydrogens (tertiary/aromatic N) is 4. The van der Waals surface area contributed by atoms with Gasteiger partial charge in [-0.25, -0.2) is 0 Å². The van der Waals surface area contributed by atoms with Crippen LogP contribution >= 0.6 is 0 Å². The summed E-state index contributed by atoms with van der Waals surface area (Å²) in [6.07, 6.45) is 2.24. The second kappa shape index (κ2) is 8.45. The molecule has 6 nitrogen and oxygen atoms in total. The first kappa shape index (κ1) is 17.9. The van der Waals surface area contributed by atoms with E-state index in [0.29, 0.717) is 11.9 Å². The van der Waals surface area contributed by atoms with Gasteiger partial charge in [0.25, 0.3) is 0 Å². The second-order valence-electron chi connectivity index (χ2n) is 6.91. The predicted octanol–water partition coefficient (Wildman–Crippen LogP) is 2.66. The number of benzene rings is 1. The third-order valence-corrected chi connectivity index (χ3v) is 4.71. The van der Waals surface area contributed by atoms with Gasteiger partial charge in [0.05, 0.1) is 13.2 Å². The third-order valence-electron chi connectivity index (χ3n) is 4.71. The van der Waals surface area contributed by atoms with Crippen LogP contribution < -0.4 is 4.74 Å². The first-order chi connectivity index (χ1) is 12.1. The second-order valence-corrected chi connectivity index (χ2v) is 6.91. The molecule has 136 valence electrons. The van der Waals surface area contributed by atoms with E-state index in [4.69, 9.17) is 9.26 Å². The van der Waals surface area contributed by atoms with Crippen molar-refractivity contribution >= 4 is 0 Å². The molecule has 1 aromatic carbocycles. The molecule has 1 aliphatic heterocycles. The van der Waals surface area contributed by atoms with Crippen molar-refractivity contribution in [3.63, 3.8) is 0 Å². The molecule has 6 heteroatoms. The van der Waals surface area contributed by atoms with Crippen molar-refractivity contribution < 1.29 is 9.26 Å². The van der Waals surface area contributed by atoms with Gasteiger partial charge in [-0.15, -0.1) is 0 Å². The average Bonchev–Trinajstić information content (AvgIpc) is 3.21. The standard InChI is InChI=1S/C19H28N4O2/c1-15-6-4-7-18(12-15)24-11-5-9-23-10-8-17(13-23)22(3)14-19-20-16(2)25-21-19/h4,6-7,12,17H,5,8-11,13-14H2,1-3H3/t17-/m1/s1. The highest BCUT2D eigenvalue weighted by atomic mass is 16.5. The van der Waals surface area contributed by atoms with E-state index in [-0.39, 0.29) is 0 Å². The van der Waals surface area contributed by atoms with E-state index in [1.807, 2.05) is 19.1 Å². The summed E-state index contributed by atoms with van der Waals surface area (Å²) in [5, 5.41) is 3.98. The predicted molar refractivity (Wildman–Crippen MR) is 96.6 cm³/mol. The quantitative estimate of drug-likeness (QED) is 0.686. The van der Waals surface area contributed by atoms with Crippen molar-refractivity contribution in [2.75, 3.05) is 33.3 Å². The first-order valence-electron chi connectivity index (χ1n) is 9.01. The summed E-state index contributed by atoms with van der Waals surface area (Å²) in [4.78, 5) is 9.13. The molecule has 2 aromatic rings. The molecule has 0 amide bonds. The molecule has 1 saturated heterocycles. The molecule has 0 radical (unpaired) electrons. The zero-order valence-electron chi connectivity index (χ0n) is 15.4. The number of hydrogen-bond donors (Lipinski definition) is 0. The SMILES string of the molecule is Cc1cccc(OCCCN2CC[C@@H](N(C)Cc3noc(C)n3)C2)c1. The molecule has 1 aromatic heterocycles. The number of likely N-dealkylation sites (tertiary alicyclic amines) is 1. The van der Waals surface area contributed by atoms with E-state index in [9.17, 15) is 0 Å². The Morgan fingerprint density at radius 3 is 3.00 bits per heavy atom. The summed E-state index contributed by atoms with van der Waals surface area (Å²) in [7, 11) is 2.14. The summed E-state index contributed by atoms with van der Waals surface area (Å²) in [5.74, 6) is 2.37. The maximum Gasteiger partial charge on any atom is 0.223 e. The smallest absolute Gasteiger partial charge is 0.223 e. The number of hydrogen-bond acceptors (Lipinski definition) is 6. The van der Waals surface area contributed by atoms with Crippen molar-refractivity contribution in [3.05, 3.63) is 41.5 Å². The van der Waals surface area contributed by atoms with Gasteiger partial charge in [0, 0.05) is 26.1 Å². The van der Waals surface area contributed by atoms with Crippen LogP contribution in [0.1, 0.15) is 30.1 Å². The summed E-state index contributed by atoms with van der Waals surface area (Å²) in [6, 6.07) is 8.78. The van der Waals surface area contributed by atoms with Crippen molar-refractivity contribution in [2.45, 2.75) is 39.3 Å². The summed E-state index contributed by atoms with van der Waals surface area (Å²) < 4.78 is 10.9. The van der Waals surface area contributed by atoms with Crippen LogP contribution in [-0.4, -0.2) is 59.3 Å². The Morgan fingerprint density at radius 1 is 1.36 bits per heavy atom. The van der Waals surface area contributed by atoms with Crippen molar-refractivity contribution in [3.8, 4) is 5.75 Å². The molecule has 0 aliphatic carbocycles. The third kappa shape index (κ3) is 5.28. The summed E-state index contributed by atoms with van der Waals surface area (Å²) in [5.41, 5.74) is 1.24. The van der Waals surface area contributed by atoms with Crippen LogP contribution in [0.15, 0.2) is 28.8 Å². The van der Waals surface area contributed by atoms with E-state index < -0.39 is 0 Å². The van der Waals surface area contributed by atoms with Gasteiger partial charge < -0.3 is 14.2 Å². The van der Waals surface area contributed by atoms with E-state index in [2.05, 4.69) is 46.0 Å². The van der Waals surface area contributed by atoms with Crippen LogP contribution in [0.25, 0.3) is 0 Å². The fourth-order valence-corrected chi connectivity index (χ4v) is 3.32. The lowest BCUT2D eigenvalue weighted by molar-refractivity contribution is 0.210. The van der Waals surface area contributed by atoms with Gasteiger partial charge in [0.2, 0.25) is 5.89 Å². The minimum atomic E-state index is 0.552. The Bertz CT molecular complexity index is 673. The lowest BCUT2D eigenvalue weighted by Gasteiger charge is -2.23. The summed E-state index contributed by atoms with van der Waals surface area (Å²) >= 11 is 0. The normalized spacial score (nSPS) is 18.2. The number of rotatable bonds is 8. The van der Waals surface area contributed by atoms with Crippen LogP contribution in [0.5, 0.6) is 5.75 Å². The average molecular weight is 344 g/mol. The number of aryl methyl sites for hydroxylation is 2.